The minimum Gasteiger partial charge on any atom is -0.465 e. The van der Waals surface area contributed by atoms with Crippen LogP contribution in [0, 0.1) is 0 Å². The predicted molar refractivity (Wildman–Crippen MR) is 67.0 cm³/mol. The number of rotatable bonds is 6. The van der Waals surface area contributed by atoms with E-state index in [4.69, 9.17) is 14.2 Å². The average Bonchev–Trinajstić information content (AvgIpc) is 2.35. The predicted octanol–water partition coefficient (Wildman–Crippen LogP) is 2.40. The summed E-state index contributed by atoms with van der Waals surface area (Å²) in [4.78, 5) is 11.6. The molecule has 1 rings (SSSR count). The molecule has 0 saturated carbocycles. The van der Waals surface area contributed by atoms with Crippen molar-refractivity contribution in [3.8, 4) is 0 Å². The van der Waals surface area contributed by atoms with Crippen LogP contribution in [-0.2, 0) is 20.8 Å². The minimum absolute atomic E-state index is 0.362. The van der Waals surface area contributed by atoms with Gasteiger partial charge in [0.15, 0.2) is 0 Å². The Balaban J connectivity index is 2.72. The first-order valence-corrected chi connectivity index (χ1v) is 5.91. The second-order valence-corrected chi connectivity index (χ2v) is 4.25. The van der Waals surface area contributed by atoms with E-state index >= 15 is 0 Å². The van der Waals surface area contributed by atoms with E-state index in [1.165, 1.54) is 7.11 Å². The van der Waals surface area contributed by atoms with Crippen molar-refractivity contribution >= 4 is 21.9 Å². The lowest BCUT2D eigenvalue weighted by atomic mass is 10.1. The zero-order valence-corrected chi connectivity index (χ0v) is 11.5. The Bertz CT molecular complexity index is 379. The number of esters is 1. The summed E-state index contributed by atoms with van der Waals surface area (Å²) in [7, 11) is 2.97. The Morgan fingerprint density at radius 3 is 2.71 bits per heavy atom. The monoisotopic (exact) mass is 302 g/mol. The maximum atomic E-state index is 11.6. The highest BCUT2D eigenvalue weighted by molar-refractivity contribution is 9.10. The number of ether oxygens (including phenoxy) is 3. The van der Waals surface area contributed by atoms with Crippen LogP contribution in [0.25, 0.3) is 0 Å². The summed E-state index contributed by atoms with van der Waals surface area (Å²) in [5.41, 5.74) is 1.32. The van der Waals surface area contributed by atoms with Crippen molar-refractivity contribution in [1.82, 2.24) is 0 Å². The van der Waals surface area contributed by atoms with Crippen LogP contribution >= 0.6 is 15.9 Å². The molecular formula is C12H15BrO4. The highest BCUT2D eigenvalue weighted by Crippen LogP contribution is 2.18. The summed E-state index contributed by atoms with van der Waals surface area (Å²) < 4.78 is 15.8. The second-order valence-electron chi connectivity index (χ2n) is 3.34. The fourth-order valence-corrected chi connectivity index (χ4v) is 1.66. The Morgan fingerprint density at radius 2 is 2.06 bits per heavy atom. The summed E-state index contributed by atoms with van der Waals surface area (Å²) in [5, 5.41) is 0. The van der Waals surface area contributed by atoms with Crippen LogP contribution in [0.3, 0.4) is 0 Å². The molecule has 0 aliphatic heterocycles. The molecule has 0 aliphatic rings. The van der Waals surface area contributed by atoms with Crippen LogP contribution in [0.5, 0.6) is 0 Å². The van der Waals surface area contributed by atoms with Crippen molar-refractivity contribution in [3.05, 3.63) is 33.8 Å². The molecule has 1 aromatic rings. The number of hydrogen-bond acceptors (Lipinski definition) is 4. The van der Waals surface area contributed by atoms with Crippen molar-refractivity contribution in [3.63, 3.8) is 0 Å². The maximum Gasteiger partial charge on any atom is 0.338 e. The average molecular weight is 303 g/mol. The maximum absolute atomic E-state index is 11.6. The Hall–Kier alpha value is -0.910. The lowest BCUT2D eigenvalue weighted by Gasteiger charge is -2.09. The van der Waals surface area contributed by atoms with E-state index in [-0.39, 0.29) is 5.97 Å². The number of methoxy groups -OCH3 is 2. The molecule has 0 unspecified atom stereocenters. The lowest BCUT2D eigenvalue weighted by molar-refractivity contribution is 0.0552. The van der Waals surface area contributed by atoms with Gasteiger partial charge in [-0.2, -0.15) is 0 Å². The topological polar surface area (TPSA) is 44.8 Å². The number of carbonyl (C=O) groups excluding carboxylic acids is 1. The molecule has 94 valence electrons. The molecule has 0 radical (unpaired) electrons. The van der Waals surface area contributed by atoms with Crippen LogP contribution in [0.1, 0.15) is 15.9 Å². The third-order valence-electron chi connectivity index (χ3n) is 2.17. The SMILES string of the molecule is COCCOCc1ccc(Br)cc1C(=O)OC. The third-order valence-corrected chi connectivity index (χ3v) is 2.66. The zero-order chi connectivity index (χ0) is 12.7. The van der Waals surface area contributed by atoms with Crippen LogP contribution in [0.4, 0.5) is 0 Å². The van der Waals surface area contributed by atoms with E-state index in [1.807, 2.05) is 12.1 Å². The van der Waals surface area contributed by atoms with Gasteiger partial charge >= 0.3 is 5.97 Å². The van der Waals surface area contributed by atoms with Gasteiger partial charge in [-0.05, 0) is 17.7 Å². The van der Waals surface area contributed by atoms with Gasteiger partial charge in [0.1, 0.15) is 0 Å². The fraction of sp³-hybridized carbons (Fsp3) is 0.417. The smallest absolute Gasteiger partial charge is 0.338 e. The molecule has 1 aromatic carbocycles. The summed E-state index contributed by atoms with van der Waals surface area (Å²) in [6, 6.07) is 5.42. The van der Waals surface area contributed by atoms with E-state index in [0.717, 1.165) is 10.0 Å². The number of benzene rings is 1. The summed E-state index contributed by atoms with van der Waals surface area (Å²) in [6.07, 6.45) is 0. The van der Waals surface area contributed by atoms with Gasteiger partial charge < -0.3 is 14.2 Å². The van der Waals surface area contributed by atoms with Crippen molar-refractivity contribution < 1.29 is 19.0 Å². The Morgan fingerprint density at radius 1 is 1.29 bits per heavy atom. The Labute approximate surface area is 109 Å². The van der Waals surface area contributed by atoms with Crippen LogP contribution in [0.15, 0.2) is 22.7 Å². The molecule has 0 heterocycles. The number of carbonyl (C=O) groups is 1. The van der Waals surface area contributed by atoms with Crippen molar-refractivity contribution in [2.24, 2.45) is 0 Å². The normalized spacial score (nSPS) is 10.3. The third kappa shape index (κ3) is 4.46. The molecule has 0 bridgehead atoms. The minimum atomic E-state index is -0.364. The molecule has 5 heteroatoms. The van der Waals surface area contributed by atoms with Gasteiger partial charge in [0.05, 0.1) is 32.5 Å². The molecular weight excluding hydrogens is 288 g/mol. The van der Waals surface area contributed by atoms with Crippen LogP contribution < -0.4 is 0 Å². The van der Waals surface area contributed by atoms with Gasteiger partial charge in [-0.15, -0.1) is 0 Å². The van der Waals surface area contributed by atoms with Crippen molar-refractivity contribution in [2.45, 2.75) is 6.61 Å². The quantitative estimate of drug-likeness (QED) is 0.598. The lowest BCUT2D eigenvalue weighted by Crippen LogP contribution is -2.08. The molecule has 0 N–H and O–H groups in total. The molecule has 17 heavy (non-hydrogen) atoms. The van der Waals surface area contributed by atoms with Gasteiger partial charge in [0.2, 0.25) is 0 Å². The molecule has 0 aliphatic carbocycles. The summed E-state index contributed by atoms with van der Waals surface area (Å²) in [6.45, 7) is 1.39. The standard InChI is InChI=1S/C12H15BrO4/c1-15-5-6-17-8-9-3-4-10(13)7-11(9)12(14)16-2/h3-4,7H,5-6,8H2,1-2H3. The number of halogens is 1. The van der Waals surface area contributed by atoms with E-state index in [2.05, 4.69) is 15.9 Å². The molecule has 0 aromatic heterocycles. The van der Waals surface area contributed by atoms with E-state index in [9.17, 15) is 4.79 Å². The molecule has 4 nitrogen and oxygen atoms in total. The molecule has 0 fully saturated rings. The van der Waals surface area contributed by atoms with Crippen LogP contribution in [0.2, 0.25) is 0 Å². The van der Waals surface area contributed by atoms with Crippen LogP contribution in [-0.4, -0.2) is 33.4 Å². The van der Waals surface area contributed by atoms with E-state index in [0.29, 0.717) is 25.4 Å². The first-order valence-electron chi connectivity index (χ1n) is 5.12. The molecule has 0 amide bonds. The highest BCUT2D eigenvalue weighted by atomic mass is 79.9. The van der Waals surface area contributed by atoms with Gasteiger partial charge in [0, 0.05) is 11.6 Å². The zero-order valence-electron chi connectivity index (χ0n) is 9.86. The van der Waals surface area contributed by atoms with Gasteiger partial charge in [0.25, 0.3) is 0 Å². The molecule has 0 saturated heterocycles. The largest absolute Gasteiger partial charge is 0.465 e. The van der Waals surface area contributed by atoms with Crippen molar-refractivity contribution in [1.29, 1.82) is 0 Å². The number of hydrogen-bond donors (Lipinski definition) is 0. The van der Waals surface area contributed by atoms with Crippen molar-refractivity contribution in [2.75, 3.05) is 27.4 Å². The first-order chi connectivity index (χ1) is 8.19. The van der Waals surface area contributed by atoms with E-state index in [1.54, 1.807) is 13.2 Å². The van der Waals surface area contributed by atoms with Gasteiger partial charge in [-0.25, -0.2) is 4.79 Å². The second kappa shape index (κ2) is 7.42. The molecule has 0 atom stereocenters. The summed E-state index contributed by atoms with van der Waals surface area (Å²) in [5.74, 6) is -0.364. The highest BCUT2D eigenvalue weighted by Gasteiger charge is 2.12. The first kappa shape index (κ1) is 14.2. The fourth-order valence-electron chi connectivity index (χ4n) is 1.30. The van der Waals surface area contributed by atoms with Gasteiger partial charge in [-0.3, -0.25) is 0 Å². The van der Waals surface area contributed by atoms with Gasteiger partial charge in [-0.1, -0.05) is 22.0 Å². The Kier molecular flexibility index (Phi) is 6.18. The molecule has 0 spiro atoms. The van der Waals surface area contributed by atoms with E-state index < -0.39 is 0 Å². The summed E-state index contributed by atoms with van der Waals surface area (Å²) >= 11 is 3.32.